The van der Waals surface area contributed by atoms with Crippen LogP contribution in [0.3, 0.4) is 0 Å². The van der Waals surface area contributed by atoms with Crippen LogP contribution in [0.15, 0.2) is 28.7 Å². The average molecular weight is 342 g/mol. The summed E-state index contributed by atoms with van der Waals surface area (Å²) in [6, 6.07) is 8.06. The molecule has 0 spiro atoms. The van der Waals surface area contributed by atoms with Crippen LogP contribution in [0.1, 0.15) is 40.0 Å². The molecule has 0 aliphatic rings. The number of hydrogen-bond donors (Lipinski definition) is 1. The molecule has 1 rings (SSSR count). The van der Waals surface area contributed by atoms with Crippen molar-refractivity contribution in [1.29, 1.82) is 0 Å². The molecule has 0 saturated carbocycles. The monoisotopic (exact) mass is 341 g/mol. The first-order chi connectivity index (χ1) is 9.61. The van der Waals surface area contributed by atoms with Crippen LogP contribution in [-0.4, -0.2) is 19.7 Å². The smallest absolute Gasteiger partial charge is 0.119 e. The summed E-state index contributed by atoms with van der Waals surface area (Å²) in [5, 5.41) is 3.53. The predicted molar refractivity (Wildman–Crippen MR) is 90.4 cm³/mol. The van der Waals surface area contributed by atoms with Gasteiger partial charge in [-0.05, 0) is 68.5 Å². The number of nitrogens with one attached hydrogen (secondary N) is 1. The van der Waals surface area contributed by atoms with E-state index in [2.05, 4.69) is 42.0 Å². The summed E-state index contributed by atoms with van der Waals surface area (Å²) < 4.78 is 6.92. The van der Waals surface area contributed by atoms with Gasteiger partial charge in [-0.25, -0.2) is 0 Å². The molecule has 0 amide bonds. The second kappa shape index (κ2) is 10.2. The van der Waals surface area contributed by atoms with Gasteiger partial charge in [0.15, 0.2) is 0 Å². The number of hydrogen-bond acceptors (Lipinski definition) is 2. The van der Waals surface area contributed by atoms with Crippen molar-refractivity contribution >= 4 is 15.9 Å². The fourth-order valence-corrected chi connectivity index (χ4v) is 2.59. The second-order valence-electron chi connectivity index (χ2n) is 5.79. The van der Waals surface area contributed by atoms with Gasteiger partial charge in [0.25, 0.3) is 0 Å². The number of ether oxygens (including phenoxy) is 1. The van der Waals surface area contributed by atoms with E-state index in [1.807, 2.05) is 24.3 Å². The van der Waals surface area contributed by atoms with Gasteiger partial charge in [-0.2, -0.15) is 0 Å². The summed E-state index contributed by atoms with van der Waals surface area (Å²) in [7, 11) is 0. The standard InChI is InChI=1S/C17H28BrNO/c1-4-10-19-13-15(12-14(2)3)9-11-20-17-7-5-16(18)6-8-17/h5-8,14-15,19H,4,9-13H2,1-3H3. The SMILES string of the molecule is CCCNCC(CCOc1ccc(Br)cc1)CC(C)C. The molecule has 0 aliphatic carbocycles. The largest absolute Gasteiger partial charge is 0.494 e. The van der Waals surface area contributed by atoms with Crippen molar-refractivity contribution in [2.24, 2.45) is 11.8 Å². The zero-order valence-electron chi connectivity index (χ0n) is 13.0. The molecule has 114 valence electrons. The zero-order chi connectivity index (χ0) is 14.8. The van der Waals surface area contributed by atoms with E-state index in [4.69, 9.17) is 4.74 Å². The van der Waals surface area contributed by atoms with Crippen molar-refractivity contribution in [3.8, 4) is 5.75 Å². The van der Waals surface area contributed by atoms with Gasteiger partial charge in [-0.15, -0.1) is 0 Å². The molecule has 0 fully saturated rings. The minimum atomic E-state index is 0.706. The maximum absolute atomic E-state index is 5.83. The molecule has 3 heteroatoms. The van der Waals surface area contributed by atoms with Crippen molar-refractivity contribution in [2.45, 2.75) is 40.0 Å². The van der Waals surface area contributed by atoms with Crippen LogP contribution in [0.25, 0.3) is 0 Å². The van der Waals surface area contributed by atoms with E-state index in [9.17, 15) is 0 Å². The molecule has 1 aromatic carbocycles. The van der Waals surface area contributed by atoms with Crippen LogP contribution in [0, 0.1) is 11.8 Å². The Balaban J connectivity index is 2.31. The van der Waals surface area contributed by atoms with Crippen molar-refractivity contribution in [3.63, 3.8) is 0 Å². The van der Waals surface area contributed by atoms with Crippen LogP contribution < -0.4 is 10.1 Å². The fraction of sp³-hybridized carbons (Fsp3) is 0.647. The van der Waals surface area contributed by atoms with E-state index in [1.165, 1.54) is 12.8 Å². The summed E-state index contributed by atoms with van der Waals surface area (Å²) in [6.07, 6.45) is 3.58. The van der Waals surface area contributed by atoms with Gasteiger partial charge in [-0.3, -0.25) is 0 Å². The minimum absolute atomic E-state index is 0.706. The molecule has 1 N–H and O–H groups in total. The van der Waals surface area contributed by atoms with E-state index >= 15 is 0 Å². The third-order valence-electron chi connectivity index (χ3n) is 3.27. The lowest BCUT2D eigenvalue weighted by molar-refractivity contribution is 0.257. The van der Waals surface area contributed by atoms with Gasteiger partial charge in [-0.1, -0.05) is 36.7 Å². The summed E-state index contributed by atoms with van der Waals surface area (Å²) in [5.74, 6) is 2.41. The third kappa shape index (κ3) is 7.91. The summed E-state index contributed by atoms with van der Waals surface area (Å²) in [5.41, 5.74) is 0. The summed E-state index contributed by atoms with van der Waals surface area (Å²) in [4.78, 5) is 0. The molecule has 0 bridgehead atoms. The van der Waals surface area contributed by atoms with E-state index in [0.29, 0.717) is 5.92 Å². The number of halogens is 1. The molecule has 1 atom stereocenters. The lowest BCUT2D eigenvalue weighted by atomic mass is 9.94. The van der Waals surface area contributed by atoms with E-state index in [-0.39, 0.29) is 0 Å². The third-order valence-corrected chi connectivity index (χ3v) is 3.80. The lowest BCUT2D eigenvalue weighted by Crippen LogP contribution is -2.26. The van der Waals surface area contributed by atoms with E-state index in [1.54, 1.807) is 0 Å². The van der Waals surface area contributed by atoms with Crippen LogP contribution in [0.4, 0.5) is 0 Å². The van der Waals surface area contributed by atoms with Gasteiger partial charge >= 0.3 is 0 Å². The number of benzene rings is 1. The average Bonchev–Trinajstić information content (AvgIpc) is 2.40. The van der Waals surface area contributed by atoms with E-state index in [0.717, 1.165) is 42.3 Å². The molecule has 2 nitrogen and oxygen atoms in total. The highest BCUT2D eigenvalue weighted by Gasteiger charge is 2.11. The quantitative estimate of drug-likeness (QED) is 0.612. The fourth-order valence-electron chi connectivity index (χ4n) is 2.33. The summed E-state index contributed by atoms with van der Waals surface area (Å²) >= 11 is 3.44. The number of rotatable bonds is 10. The van der Waals surface area contributed by atoms with Gasteiger partial charge in [0.1, 0.15) is 5.75 Å². The Bertz CT molecular complexity index is 351. The molecule has 0 aromatic heterocycles. The maximum atomic E-state index is 5.83. The predicted octanol–water partition coefficient (Wildman–Crippen LogP) is 4.88. The summed E-state index contributed by atoms with van der Waals surface area (Å²) in [6.45, 7) is 9.82. The van der Waals surface area contributed by atoms with Crippen LogP contribution in [-0.2, 0) is 0 Å². The molecule has 0 radical (unpaired) electrons. The maximum Gasteiger partial charge on any atom is 0.119 e. The molecular weight excluding hydrogens is 314 g/mol. The van der Waals surface area contributed by atoms with Gasteiger partial charge in [0.2, 0.25) is 0 Å². The molecule has 0 saturated heterocycles. The van der Waals surface area contributed by atoms with Crippen LogP contribution in [0.2, 0.25) is 0 Å². The molecule has 20 heavy (non-hydrogen) atoms. The Labute approximate surface area is 132 Å². The van der Waals surface area contributed by atoms with Gasteiger partial charge in [0, 0.05) is 4.47 Å². The Kier molecular flexibility index (Phi) is 8.95. The van der Waals surface area contributed by atoms with Crippen LogP contribution >= 0.6 is 15.9 Å². The minimum Gasteiger partial charge on any atom is -0.494 e. The first-order valence-electron chi connectivity index (χ1n) is 7.71. The van der Waals surface area contributed by atoms with Gasteiger partial charge < -0.3 is 10.1 Å². The van der Waals surface area contributed by atoms with Crippen molar-refractivity contribution in [2.75, 3.05) is 19.7 Å². The van der Waals surface area contributed by atoms with Crippen molar-refractivity contribution in [3.05, 3.63) is 28.7 Å². The lowest BCUT2D eigenvalue weighted by Gasteiger charge is -2.19. The normalized spacial score (nSPS) is 12.7. The highest BCUT2D eigenvalue weighted by atomic mass is 79.9. The molecule has 1 unspecified atom stereocenters. The Hall–Kier alpha value is -0.540. The van der Waals surface area contributed by atoms with Crippen molar-refractivity contribution < 1.29 is 4.74 Å². The second-order valence-corrected chi connectivity index (χ2v) is 6.71. The molecule has 0 aliphatic heterocycles. The van der Waals surface area contributed by atoms with E-state index < -0.39 is 0 Å². The Morgan fingerprint density at radius 1 is 1.20 bits per heavy atom. The highest BCUT2D eigenvalue weighted by molar-refractivity contribution is 9.10. The first-order valence-corrected chi connectivity index (χ1v) is 8.50. The Morgan fingerprint density at radius 3 is 2.50 bits per heavy atom. The first kappa shape index (κ1) is 17.5. The topological polar surface area (TPSA) is 21.3 Å². The molecule has 1 aromatic rings. The van der Waals surface area contributed by atoms with Gasteiger partial charge in [0.05, 0.1) is 6.61 Å². The highest BCUT2D eigenvalue weighted by Crippen LogP contribution is 2.18. The van der Waals surface area contributed by atoms with Crippen LogP contribution in [0.5, 0.6) is 5.75 Å². The molecule has 0 heterocycles. The zero-order valence-corrected chi connectivity index (χ0v) is 14.6. The Morgan fingerprint density at radius 2 is 1.90 bits per heavy atom. The van der Waals surface area contributed by atoms with Crippen molar-refractivity contribution in [1.82, 2.24) is 5.32 Å². The molecular formula is C17H28BrNO.